The molecule has 0 spiro atoms. The van der Waals surface area contributed by atoms with Crippen molar-refractivity contribution in [3.8, 4) is 0 Å². The largest absolute Gasteiger partial charge is 0.329 e. The molecule has 0 aliphatic rings. The maximum absolute atomic E-state index is 4.70. The second-order valence-corrected chi connectivity index (χ2v) is 7.00. The average molecular weight is 292 g/mol. The van der Waals surface area contributed by atoms with E-state index in [2.05, 4.69) is 47.9 Å². The van der Waals surface area contributed by atoms with Crippen molar-refractivity contribution in [2.24, 2.45) is 0 Å². The number of thiazole rings is 1. The van der Waals surface area contributed by atoms with Crippen LogP contribution in [-0.4, -0.2) is 20.1 Å². The van der Waals surface area contributed by atoms with E-state index in [0.29, 0.717) is 0 Å². The van der Waals surface area contributed by atoms with Gasteiger partial charge in [-0.1, -0.05) is 6.92 Å². The van der Waals surface area contributed by atoms with E-state index < -0.39 is 0 Å². The lowest BCUT2D eigenvalue weighted by Crippen LogP contribution is -2.35. The maximum atomic E-state index is 4.70. The molecule has 2 aromatic heterocycles. The zero-order valence-corrected chi connectivity index (χ0v) is 13.6. The minimum Gasteiger partial charge on any atom is -0.329 e. The zero-order valence-electron chi connectivity index (χ0n) is 12.8. The van der Waals surface area contributed by atoms with Crippen molar-refractivity contribution in [3.63, 3.8) is 0 Å². The van der Waals surface area contributed by atoms with Crippen LogP contribution >= 0.6 is 11.3 Å². The lowest BCUT2D eigenvalue weighted by Gasteiger charge is -2.19. The lowest BCUT2D eigenvalue weighted by atomic mass is 10.1. The molecular weight excluding hydrogens is 268 g/mol. The van der Waals surface area contributed by atoms with Crippen LogP contribution in [0.15, 0.2) is 17.8 Å². The predicted octanol–water partition coefficient (Wildman–Crippen LogP) is 3.23. The third-order valence-corrected chi connectivity index (χ3v) is 3.87. The summed E-state index contributed by atoms with van der Waals surface area (Å²) in [6.07, 6.45) is 6.06. The zero-order chi connectivity index (χ0) is 14.6. The normalized spacial score (nSPS) is 12.0. The molecule has 2 rings (SSSR count). The Labute approximate surface area is 125 Å². The average Bonchev–Trinajstić information content (AvgIpc) is 2.97. The fourth-order valence-corrected chi connectivity index (χ4v) is 2.68. The number of nitrogens with one attached hydrogen (secondary N) is 1. The minimum absolute atomic E-state index is 0.129. The minimum atomic E-state index is 0.129. The number of aromatic nitrogens is 3. The van der Waals surface area contributed by atoms with E-state index in [1.165, 1.54) is 0 Å². The Morgan fingerprint density at radius 1 is 1.35 bits per heavy atom. The summed E-state index contributed by atoms with van der Waals surface area (Å²) in [5, 5.41) is 6.76. The van der Waals surface area contributed by atoms with E-state index in [9.17, 15) is 0 Å². The number of imidazole rings is 1. The number of nitrogens with zero attached hydrogens (tertiary/aromatic N) is 3. The molecule has 1 N–H and O–H groups in total. The summed E-state index contributed by atoms with van der Waals surface area (Å²) in [5.74, 6) is 1.15. The van der Waals surface area contributed by atoms with Crippen LogP contribution in [0.2, 0.25) is 0 Å². The molecule has 0 bridgehead atoms. The highest BCUT2D eigenvalue weighted by molar-refractivity contribution is 7.09. The molecule has 20 heavy (non-hydrogen) atoms. The van der Waals surface area contributed by atoms with Gasteiger partial charge in [-0.15, -0.1) is 11.3 Å². The molecule has 0 saturated heterocycles. The number of hydrogen-bond acceptors (Lipinski definition) is 4. The predicted molar refractivity (Wildman–Crippen MR) is 84.0 cm³/mol. The highest BCUT2D eigenvalue weighted by atomic mass is 32.1. The van der Waals surface area contributed by atoms with Gasteiger partial charge in [0.25, 0.3) is 0 Å². The van der Waals surface area contributed by atoms with E-state index in [1.807, 2.05) is 12.4 Å². The summed E-state index contributed by atoms with van der Waals surface area (Å²) in [6.45, 7) is 10.3. The van der Waals surface area contributed by atoms with Crippen LogP contribution in [0, 0.1) is 0 Å². The molecule has 0 radical (unpaired) electrons. The second kappa shape index (κ2) is 6.50. The Morgan fingerprint density at radius 2 is 2.15 bits per heavy atom. The van der Waals surface area contributed by atoms with Crippen molar-refractivity contribution >= 4 is 11.3 Å². The Kier molecular flexibility index (Phi) is 4.94. The van der Waals surface area contributed by atoms with Gasteiger partial charge in [0.2, 0.25) is 0 Å². The molecule has 0 fully saturated rings. The summed E-state index contributed by atoms with van der Waals surface area (Å²) >= 11 is 1.72. The van der Waals surface area contributed by atoms with Gasteiger partial charge in [-0.25, -0.2) is 9.97 Å². The van der Waals surface area contributed by atoms with Crippen LogP contribution in [0.3, 0.4) is 0 Å². The molecule has 2 aromatic rings. The fraction of sp³-hybridized carbons (Fsp3) is 0.600. The van der Waals surface area contributed by atoms with Crippen LogP contribution < -0.4 is 5.32 Å². The molecule has 0 unspecified atom stereocenters. The Hall–Kier alpha value is -1.20. The first-order valence-corrected chi connectivity index (χ1v) is 8.04. The molecule has 2 heterocycles. The van der Waals surface area contributed by atoms with E-state index in [1.54, 1.807) is 11.3 Å². The first kappa shape index (κ1) is 15.2. The molecular formula is C15H24N4S. The number of rotatable bonds is 6. The second-order valence-electron chi connectivity index (χ2n) is 6.06. The highest BCUT2D eigenvalue weighted by Gasteiger charge is 2.11. The molecule has 4 nitrogen and oxygen atoms in total. The Morgan fingerprint density at radius 3 is 2.85 bits per heavy atom. The van der Waals surface area contributed by atoms with Gasteiger partial charge in [0.1, 0.15) is 10.8 Å². The molecule has 110 valence electrons. The van der Waals surface area contributed by atoms with Crippen molar-refractivity contribution in [3.05, 3.63) is 34.3 Å². The Balaban J connectivity index is 1.97. The maximum Gasteiger partial charge on any atom is 0.108 e. The van der Waals surface area contributed by atoms with Crippen molar-refractivity contribution in [1.82, 2.24) is 19.9 Å². The van der Waals surface area contributed by atoms with Crippen molar-refractivity contribution in [2.75, 3.05) is 0 Å². The smallest absolute Gasteiger partial charge is 0.108 e. The summed E-state index contributed by atoms with van der Waals surface area (Å²) in [5.41, 5.74) is 1.25. The molecule has 0 aromatic carbocycles. The van der Waals surface area contributed by atoms with Gasteiger partial charge < -0.3 is 9.88 Å². The third kappa shape index (κ3) is 4.42. The quantitative estimate of drug-likeness (QED) is 0.889. The topological polar surface area (TPSA) is 42.7 Å². The number of aryl methyl sites for hydroxylation is 1. The first-order chi connectivity index (χ1) is 9.48. The van der Waals surface area contributed by atoms with Crippen molar-refractivity contribution in [2.45, 2.75) is 59.2 Å². The molecule has 0 amide bonds. The summed E-state index contributed by atoms with van der Waals surface area (Å²) in [7, 11) is 0. The van der Waals surface area contributed by atoms with Gasteiger partial charge >= 0.3 is 0 Å². The third-order valence-electron chi connectivity index (χ3n) is 2.98. The van der Waals surface area contributed by atoms with Gasteiger partial charge in [0.05, 0.1) is 12.2 Å². The van der Waals surface area contributed by atoms with Gasteiger partial charge in [-0.05, 0) is 27.2 Å². The van der Waals surface area contributed by atoms with Crippen LogP contribution in [0.4, 0.5) is 0 Å². The van der Waals surface area contributed by atoms with Gasteiger partial charge in [0.15, 0.2) is 0 Å². The van der Waals surface area contributed by atoms with Gasteiger partial charge in [-0.3, -0.25) is 0 Å². The molecule has 0 saturated carbocycles. The summed E-state index contributed by atoms with van der Waals surface area (Å²) < 4.78 is 2.19. The monoisotopic (exact) mass is 292 g/mol. The van der Waals surface area contributed by atoms with Crippen LogP contribution in [0.1, 0.15) is 50.6 Å². The van der Waals surface area contributed by atoms with E-state index in [0.717, 1.165) is 42.5 Å². The lowest BCUT2D eigenvalue weighted by molar-refractivity contribution is 0.423. The molecule has 0 aliphatic carbocycles. The summed E-state index contributed by atoms with van der Waals surface area (Å²) in [4.78, 5) is 9.10. The molecule has 0 aliphatic heterocycles. The SMILES string of the molecule is CCCc1nccn1Cc1csc(CNC(C)(C)C)n1. The van der Waals surface area contributed by atoms with Crippen LogP contribution in [-0.2, 0) is 19.5 Å². The van der Waals surface area contributed by atoms with Gasteiger partial charge in [0, 0.05) is 36.3 Å². The molecule has 0 atom stereocenters. The van der Waals surface area contributed by atoms with E-state index in [-0.39, 0.29) is 5.54 Å². The van der Waals surface area contributed by atoms with Crippen LogP contribution in [0.25, 0.3) is 0 Å². The number of hydrogen-bond donors (Lipinski definition) is 1. The van der Waals surface area contributed by atoms with Crippen LogP contribution in [0.5, 0.6) is 0 Å². The first-order valence-electron chi connectivity index (χ1n) is 7.16. The van der Waals surface area contributed by atoms with Crippen molar-refractivity contribution in [1.29, 1.82) is 0 Å². The summed E-state index contributed by atoms with van der Waals surface area (Å²) in [6, 6.07) is 0. The fourth-order valence-electron chi connectivity index (χ4n) is 1.95. The standard InChI is InChI=1S/C15H24N4S/c1-5-6-13-16-7-8-19(13)10-12-11-20-14(18-12)9-17-15(2,3)4/h7-8,11,17H,5-6,9-10H2,1-4H3. The highest BCUT2D eigenvalue weighted by Crippen LogP contribution is 2.13. The van der Waals surface area contributed by atoms with E-state index >= 15 is 0 Å². The Bertz CT molecular complexity index is 536. The van der Waals surface area contributed by atoms with Gasteiger partial charge in [-0.2, -0.15) is 0 Å². The van der Waals surface area contributed by atoms with Crippen molar-refractivity contribution < 1.29 is 0 Å². The van der Waals surface area contributed by atoms with E-state index in [4.69, 9.17) is 4.98 Å². The molecule has 5 heteroatoms.